The van der Waals surface area contributed by atoms with Gasteiger partial charge in [0.05, 0.1) is 35.6 Å². The van der Waals surface area contributed by atoms with Crippen LogP contribution in [-0.4, -0.2) is 51.6 Å². The maximum Gasteiger partial charge on any atom is 0.240 e. The molecule has 1 aromatic carbocycles. The minimum atomic E-state index is -3.69. The summed E-state index contributed by atoms with van der Waals surface area (Å²) in [5.41, 5.74) is 0.965. The monoisotopic (exact) mass is 416 g/mol. The molecule has 1 N–H and O–H groups in total. The lowest BCUT2D eigenvalue weighted by Gasteiger charge is -2.33. The van der Waals surface area contributed by atoms with Gasteiger partial charge in [0.25, 0.3) is 0 Å². The van der Waals surface area contributed by atoms with Crippen LogP contribution in [0.3, 0.4) is 0 Å². The molecule has 0 saturated carbocycles. The van der Waals surface area contributed by atoms with E-state index in [1.165, 1.54) is 19.2 Å². The summed E-state index contributed by atoms with van der Waals surface area (Å²) in [7, 11) is -2.20. The first-order valence-corrected chi connectivity index (χ1v) is 11.2. The summed E-state index contributed by atoms with van der Waals surface area (Å²) in [4.78, 5) is 2.40. The molecule has 0 unspecified atom stereocenters. The Bertz CT molecular complexity index is 821. The van der Waals surface area contributed by atoms with Gasteiger partial charge in [0.15, 0.2) is 0 Å². The number of furan rings is 1. The first-order chi connectivity index (χ1) is 12.5. The van der Waals surface area contributed by atoms with Gasteiger partial charge in [0.1, 0.15) is 5.75 Å². The summed E-state index contributed by atoms with van der Waals surface area (Å²) in [5.74, 6) is 2.51. The Morgan fingerprint density at radius 2 is 2.12 bits per heavy atom. The van der Waals surface area contributed by atoms with Crippen molar-refractivity contribution >= 4 is 33.4 Å². The predicted molar refractivity (Wildman–Crippen MR) is 104 cm³/mol. The first kappa shape index (κ1) is 19.6. The van der Waals surface area contributed by atoms with Gasteiger partial charge >= 0.3 is 0 Å². The fourth-order valence-electron chi connectivity index (χ4n) is 2.90. The van der Waals surface area contributed by atoms with Gasteiger partial charge in [0, 0.05) is 36.7 Å². The van der Waals surface area contributed by atoms with Crippen LogP contribution in [0.5, 0.6) is 5.75 Å². The summed E-state index contributed by atoms with van der Waals surface area (Å²) >= 11 is 7.97. The lowest BCUT2D eigenvalue weighted by atomic mass is 10.1. The van der Waals surface area contributed by atoms with Gasteiger partial charge in [0.2, 0.25) is 10.0 Å². The van der Waals surface area contributed by atoms with Crippen LogP contribution in [0, 0.1) is 0 Å². The Morgan fingerprint density at radius 3 is 2.73 bits per heavy atom. The zero-order valence-corrected chi connectivity index (χ0v) is 16.7. The largest absolute Gasteiger partial charge is 0.495 e. The molecule has 1 saturated heterocycles. The van der Waals surface area contributed by atoms with E-state index in [0.717, 1.165) is 30.2 Å². The molecule has 9 heteroatoms. The first-order valence-electron chi connectivity index (χ1n) is 8.18. The summed E-state index contributed by atoms with van der Waals surface area (Å²) in [6.07, 6.45) is 3.28. The van der Waals surface area contributed by atoms with E-state index in [2.05, 4.69) is 9.62 Å². The van der Waals surface area contributed by atoms with Crippen molar-refractivity contribution in [3.05, 3.63) is 47.4 Å². The number of nitrogens with zero attached hydrogens (tertiary/aromatic N) is 1. The average molecular weight is 417 g/mol. The molecule has 26 heavy (non-hydrogen) atoms. The van der Waals surface area contributed by atoms with Crippen molar-refractivity contribution in [1.29, 1.82) is 0 Å². The van der Waals surface area contributed by atoms with Crippen LogP contribution in [-0.2, 0) is 10.0 Å². The van der Waals surface area contributed by atoms with Gasteiger partial charge in [-0.3, -0.25) is 4.90 Å². The lowest BCUT2D eigenvalue weighted by Crippen LogP contribution is -2.41. The van der Waals surface area contributed by atoms with Crippen molar-refractivity contribution in [1.82, 2.24) is 9.62 Å². The number of methoxy groups -OCH3 is 1. The van der Waals surface area contributed by atoms with E-state index in [9.17, 15) is 8.42 Å². The number of hydrogen-bond acceptors (Lipinski definition) is 6. The normalized spacial score (nSPS) is 17.2. The molecular formula is C17H21ClN2O4S2. The van der Waals surface area contributed by atoms with Crippen LogP contribution in [0.15, 0.2) is 46.1 Å². The molecule has 142 valence electrons. The van der Waals surface area contributed by atoms with Gasteiger partial charge in [-0.05, 0) is 24.3 Å². The van der Waals surface area contributed by atoms with Crippen molar-refractivity contribution in [3.63, 3.8) is 0 Å². The molecule has 0 bridgehead atoms. The quantitative estimate of drug-likeness (QED) is 0.748. The average Bonchev–Trinajstić information content (AvgIpc) is 3.17. The molecule has 2 aromatic rings. The third-order valence-electron chi connectivity index (χ3n) is 4.31. The van der Waals surface area contributed by atoms with Crippen LogP contribution in [0.1, 0.15) is 11.6 Å². The van der Waals surface area contributed by atoms with E-state index in [-0.39, 0.29) is 22.5 Å². The fourth-order valence-corrected chi connectivity index (χ4v) is 5.22. The molecule has 0 spiro atoms. The number of sulfonamides is 1. The standard InChI is InChI=1S/C17H21ClN2O4S2/c1-23-17-3-2-14(10-15(17)18)26(21,22)19-11-16(13-4-7-24-12-13)20-5-8-25-9-6-20/h2-4,7,10,12,16,19H,5-6,8-9,11H2,1H3/t16-/m1/s1. The predicted octanol–water partition coefficient (Wildman–Crippen LogP) is 3.01. The molecule has 1 fully saturated rings. The molecule has 6 nitrogen and oxygen atoms in total. The van der Waals surface area contributed by atoms with Crippen molar-refractivity contribution in [2.45, 2.75) is 10.9 Å². The molecule has 1 aliphatic heterocycles. The van der Waals surface area contributed by atoms with Crippen LogP contribution in [0.2, 0.25) is 5.02 Å². The minimum absolute atomic E-state index is 0.0712. The highest BCUT2D eigenvalue weighted by molar-refractivity contribution is 7.99. The highest BCUT2D eigenvalue weighted by Gasteiger charge is 2.26. The Balaban J connectivity index is 1.76. The number of hydrogen-bond donors (Lipinski definition) is 1. The number of halogens is 1. The summed E-state index contributed by atoms with van der Waals surface area (Å²) in [6, 6.07) is 6.24. The molecule has 1 aromatic heterocycles. The smallest absolute Gasteiger partial charge is 0.240 e. The number of benzene rings is 1. The Labute approximate surface area is 162 Å². The number of thioether (sulfide) groups is 1. The minimum Gasteiger partial charge on any atom is -0.495 e. The topological polar surface area (TPSA) is 71.8 Å². The summed E-state index contributed by atoms with van der Waals surface area (Å²) in [6.45, 7) is 2.09. The zero-order valence-electron chi connectivity index (χ0n) is 14.4. The van der Waals surface area contributed by atoms with Gasteiger partial charge < -0.3 is 9.15 Å². The Morgan fingerprint density at radius 1 is 1.35 bits per heavy atom. The summed E-state index contributed by atoms with van der Waals surface area (Å²) < 4.78 is 38.4. The highest BCUT2D eigenvalue weighted by Crippen LogP contribution is 2.28. The van der Waals surface area contributed by atoms with Crippen LogP contribution < -0.4 is 9.46 Å². The van der Waals surface area contributed by atoms with E-state index >= 15 is 0 Å². The lowest BCUT2D eigenvalue weighted by molar-refractivity contribution is 0.218. The molecule has 2 heterocycles. The molecule has 3 rings (SSSR count). The number of rotatable bonds is 7. The van der Waals surface area contributed by atoms with Gasteiger partial charge in [-0.15, -0.1) is 0 Å². The number of nitrogens with one attached hydrogen (secondary N) is 1. The van der Waals surface area contributed by atoms with Crippen molar-refractivity contribution in [3.8, 4) is 5.75 Å². The van der Waals surface area contributed by atoms with E-state index in [4.69, 9.17) is 20.8 Å². The molecule has 1 atom stereocenters. The van der Waals surface area contributed by atoms with E-state index in [0.29, 0.717) is 5.75 Å². The maximum absolute atomic E-state index is 12.7. The highest BCUT2D eigenvalue weighted by atomic mass is 35.5. The van der Waals surface area contributed by atoms with Gasteiger partial charge in [-0.1, -0.05) is 11.6 Å². The Kier molecular flexibility index (Phi) is 6.52. The molecule has 1 aliphatic rings. The van der Waals surface area contributed by atoms with E-state index < -0.39 is 10.0 Å². The number of ether oxygens (including phenoxy) is 1. The second-order valence-corrected chi connectivity index (χ2v) is 9.27. The maximum atomic E-state index is 12.7. The third-order valence-corrected chi connectivity index (χ3v) is 6.97. The fraction of sp³-hybridized carbons (Fsp3) is 0.412. The van der Waals surface area contributed by atoms with Gasteiger partial charge in [-0.2, -0.15) is 11.8 Å². The zero-order chi connectivity index (χ0) is 18.6. The van der Waals surface area contributed by atoms with Crippen molar-refractivity contribution < 1.29 is 17.6 Å². The van der Waals surface area contributed by atoms with Crippen molar-refractivity contribution in [2.75, 3.05) is 38.2 Å². The SMILES string of the molecule is COc1ccc(S(=O)(=O)NC[C@H](c2ccoc2)N2CCSCC2)cc1Cl. The third kappa shape index (κ3) is 4.55. The molecule has 0 radical (unpaired) electrons. The second-order valence-electron chi connectivity index (χ2n) is 5.87. The van der Waals surface area contributed by atoms with Gasteiger partial charge in [-0.25, -0.2) is 13.1 Å². The molecular weight excluding hydrogens is 396 g/mol. The second kappa shape index (κ2) is 8.67. The van der Waals surface area contributed by atoms with Crippen LogP contribution >= 0.6 is 23.4 Å². The van der Waals surface area contributed by atoms with Crippen LogP contribution in [0.25, 0.3) is 0 Å². The molecule has 0 amide bonds. The molecule has 0 aliphatic carbocycles. The summed E-state index contributed by atoms with van der Waals surface area (Å²) in [5, 5.41) is 0.259. The van der Waals surface area contributed by atoms with Crippen molar-refractivity contribution in [2.24, 2.45) is 0 Å². The van der Waals surface area contributed by atoms with E-state index in [1.54, 1.807) is 18.6 Å². The van der Waals surface area contributed by atoms with E-state index in [1.807, 2.05) is 17.8 Å². The van der Waals surface area contributed by atoms with Crippen LogP contribution in [0.4, 0.5) is 0 Å². The Hall–Kier alpha value is -1.19.